The zero-order valence-corrected chi connectivity index (χ0v) is 15.8. The van der Waals surface area contributed by atoms with Crippen molar-refractivity contribution in [1.82, 2.24) is 4.90 Å². The summed E-state index contributed by atoms with van der Waals surface area (Å²) in [4.78, 5) is 31.4. The first kappa shape index (κ1) is 17.9. The molecule has 0 bridgehead atoms. The number of carboxylic acid groups (broad SMARTS) is 1. The van der Waals surface area contributed by atoms with E-state index in [1.54, 1.807) is 0 Å². The fourth-order valence-corrected chi connectivity index (χ4v) is 4.13. The summed E-state index contributed by atoms with van der Waals surface area (Å²) < 4.78 is 0.923. The SMILES string of the molecule is CC1CC(C)C(C(=O)O)N(C(=O)C2CC(c3cccc(Br)c3)=NO2)C1. The van der Waals surface area contributed by atoms with Crippen LogP contribution in [0.15, 0.2) is 33.9 Å². The maximum atomic E-state index is 12.9. The van der Waals surface area contributed by atoms with Crippen molar-refractivity contribution < 1.29 is 19.5 Å². The van der Waals surface area contributed by atoms with Gasteiger partial charge < -0.3 is 14.8 Å². The third-order valence-corrected chi connectivity index (χ3v) is 5.29. The monoisotopic (exact) mass is 408 g/mol. The number of oxime groups is 1. The minimum absolute atomic E-state index is 0.0860. The molecule has 0 saturated carbocycles. The Morgan fingerprint density at radius 1 is 1.36 bits per heavy atom. The molecular formula is C18H21BrN2O4. The van der Waals surface area contributed by atoms with Crippen molar-refractivity contribution in [3.8, 4) is 0 Å². The van der Waals surface area contributed by atoms with Gasteiger partial charge in [0, 0.05) is 23.0 Å². The van der Waals surface area contributed by atoms with Gasteiger partial charge in [-0.25, -0.2) is 4.79 Å². The van der Waals surface area contributed by atoms with Crippen molar-refractivity contribution in [1.29, 1.82) is 0 Å². The number of nitrogens with zero attached hydrogens (tertiary/aromatic N) is 2. The summed E-state index contributed by atoms with van der Waals surface area (Å²) in [5, 5.41) is 13.6. The van der Waals surface area contributed by atoms with Gasteiger partial charge in [0.1, 0.15) is 6.04 Å². The van der Waals surface area contributed by atoms with Crippen molar-refractivity contribution in [3.63, 3.8) is 0 Å². The topological polar surface area (TPSA) is 79.2 Å². The maximum Gasteiger partial charge on any atom is 0.326 e. The van der Waals surface area contributed by atoms with Crippen LogP contribution in [0, 0.1) is 11.8 Å². The van der Waals surface area contributed by atoms with Crippen LogP contribution in [0.5, 0.6) is 0 Å². The second-order valence-corrected chi connectivity index (χ2v) is 7.85. The summed E-state index contributed by atoms with van der Waals surface area (Å²) in [6.45, 7) is 4.35. The van der Waals surface area contributed by atoms with Gasteiger partial charge in [-0.2, -0.15) is 0 Å². The van der Waals surface area contributed by atoms with Crippen LogP contribution in [0.2, 0.25) is 0 Å². The van der Waals surface area contributed by atoms with Crippen LogP contribution >= 0.6 is 15.9 Å². The Bertz CT molecular complexity index is 721. The highest BCUT2D eigenvalue weighted by molar-refractivity contribution is 9.10. The summed E-state index contributed by atoms with van der Waals surface area (Å²) >= 11 is 3.42. The van der Waals surface area contributed by atoms with Crippen LogP contribution in [0.3, 0.4) is 0 Å². The van der Waals surface area contributed by atoms with Gasteiger partial charge in [0.2, 0.25) is 6.10 Å². The molecule has 1 amide bonds. The summed E-state index contributed by atoms with van der Waals surface area (Å²) in [6, 6.07) is 6.83. The molecule has 0 radical (unpaired) electrons. The predicted octanol–water partition coefficient (Wildman–Crippen LogP) is 2.90. The van der Waals surface area contributed by atoms with Crippen LogP contribution in [-0.2, 0) is 14.4 Å². The Kier molecular flexibility index (Phi) is 5.13. The molecule has 25 heavy (non-hydrogen) atoms. The number of hydrogen-bond donors (Lipinski definition) is 1. The largest absolute Gasteiger partial charge is 0.480 e. The molecule has 2 aliphatic rings. The Morgan fingerprint density at radius 3 is 2.80 bits per heavy atom. The van der Waals surface area contributed by atoms with E-state index in [-0.39, 0.29) is 17.7 Å². The molecule has 0 aromatic heterocycles. The lowest BCUT2D eigenvalue weighted by Crippen LogP contribution is -2.56. The molecule has 1 aromatic rings. The van der Waals surface area contributed by atoms with Gasteiger partial charge in [0.15, 0.2) is 0 Å². The van der Waals surface area contributed by atoms with Gasteiger partial charge in [-0.15, -0.1) is 0 Å². The first-order valence-electron chi connectivity index (χ1n) is 8.38. The van der Waals surface area contributed by atoms with E-state index in [1.165, 1.54) is 4.90 Å². The van der Waals surface area contributed by atoms with Crippen LogP contribution in [-0.4, -0.2) is 46.3 Å². The molecular weight excluding hydrogens is 388 g/mol. The standard InChI is InChI=1S/C18H21BrN2O4/c1-10-6-11(2)16(18(23)24)21(9-10)17(22)15-8-14(20-25-15)12-4-3-5-13(19)7-12/h3-5,7,10-11,15-16H,6,8-9H2,1-2H3,(H,23,24). The number of rotatable bonds is 3. The fourth-order valence-electron chi connectivity index (χ4n) is 3.73. The number of hydrogen-bond acceptors (Lipinski definition) is 4. The average Bonchev–Trinajstić information content (AvgIpc) is 3.03. The Balaban J connectivity index is 1.74. The normalized spacial score (nSPS) is 29.1. The van der Waals surface area contributed by atoms with E-state index in [0.717, 1.165) is 16.5 Å². The third-order valence-electron chi connectivity index (χ3n) is 4.80. The first-order chi connectivity index (χ1) is 11.9. The number of carboxylic acids is 1. The van der Waals surface area contributed by atoms with E-state index in [1.807, 2.05) is 38.1 Å². The molecule has 3 rings (SSSR count). The lowest BCUT2D eigenvalue weighted by Gasteiger charge is -2.41. The molecule has 1 saturated heterocycles. The number of piperidine rings is 1. The van der Waals surface area contributed by atoms with Gasteiger partial charge in [0.25, 0.3) is 5.91 Å². The van der Waals surface area contributed by atoms with Crippen molar-refractivity contribution in [2.75, 3.05) is 6.54 Å². The molecule has 2 aliphatic heterocycles. The predicted molar refractivity (Wildman–Crippen MR) is 96.3 cm³/mol. The number of benzene rings is 1. The van der Waals surface area contributed by atoms with E-state index >= 15 is 0 Å². The molecule has 4 atom stereocenters. The minimum atomic E-state index is -0.959. The van der Waals surface area contributed by atoms with Crippen molar-refractivity contribution >= 4 is 33.5 Å². The first-order valence-corrected chi connectivity index (χ1v) is 9.18. The van der Waals surface area contributed by atoms with Crippen molar-refractivity contribution in [3.05, 3.63) is 34.3 Å². The molecule has 1 N–H and O–H groups in total. The molecule has 0 spiro atoms. The summed E-state index contributed by atoms with van der Waals surface area (Å²) in [6.07, 6.45) is 0.390. The summed E-state index contributed by atoms with van der Waals surface area (Å²) in [5.74, 6) is -1.07. The summed E-state index contributed by atoms with van der Waals surface area (Å²) in [7, 11) is 0. The molecule has 4 unspecified atom stereocenters. The highest BCUT2D eigenvalue weighted by Gasteiger charge is 2.43. The lowest BCUT2D eigenvalue weighted by molar-refractivity contribution is -0.161. The fraction of sp³-hybridized carbons (Fsp3) is 0.500. The second kappa shape index (κ2) is 7.15. The van der Waals surface area contributed by atoms with E-state index in [2.05, 4.69) is 21.1 Å². The number of halogens is 1. The van der Waals surface area contributed by atoms with Crippen molar-refractivity contribution in [2.24, 2.45) is 17.0 Å². The number of carbonyl (C=O) groups excluding carboxylic acids is 1. The van der Waals surface area contributed by atoms with Gasteiger partial charge in [-0.1, -0.05) is 47.1 Å². The number of carbonyl (C=O) groups is 2. The van der Waals surface area contributed by atoms with E-state index in [0.29, 0.717) is 18.7 Å². The second-order valence-electron chi connectivity index (χ2n) is 6.94. The van der Waals surface area contributed by atoms with Gasteiger partial charge in [-0.3, -0.25) is 4.79 Å². The zero-order chi connectivity index (χ0) is 18.1. The molecule has 0 aliphatic carbocycles. The Morgan fingerprint density at radius 2 is 2.12 bits per heavy atom. The van der Waals surface area contributed by atoms with Crippen LogP contribution < -0.4 is 0 Å². The smallest absolute Gasteiger partial charge is 0.326 e. The molecule has 7 heteroatoms. The van der Waals surface area contributed by atoms with Gasteiger partial charge >= 0.3 is 5.97 Å². The van der Waals surface area contributed by atoms with Gasteiger partial charge in [-0.05, 0) is 30.4 Å². The zero-order valence-electron chi connectivity index (χ0n) is 14.2. The number of amides is 1. The van der Waals surface area contributed by atoms with E-state index in [4.69, 9.17) is 4.84 Å². The van der Waals surface area contributed by atoms with Crippen LogP contribution in [0.4, 0.5) is 0 Å². The third kappa shape index (κ3) is 3.71. The van der Waals surface area contributed by atoms with Crippen molar-refractivity contribution in [2.45, 2.75) is 38.8 Å². The maximum absolute atomic E-state index is 12.9. The molecule has 2 heterocycles. The quantitative estimate of drug-likeness (QED) is 0.833. The molecule has 6 nitrogen and oxygen atoms in total. The van der Waals surface area contributed by atoms with E-state index < -0.39 is 18.1 Å². The van der Waals surface area contributed by atoms with Crippen LogP contribution in [0.25, 0.3) is 0 Å². The van der Waals surface area contributed by atoms with Crippen LogP contribution in [0.1, 0.15) is 32.3 Å². The molecule has 134 valence electrons. The molecule has 1 fully saturated rings. The van der Waals surface area contributed by atoms with Gasteiger partial charge in [0.05, 0.1) is 5.71 Å². The van der Waals surface area contributed by atoms with E-state index in [9.17, 15) is 14.7 Å². The molecule has 1 aromatic carbocycles. The number of likely N-dealkylation sites (tertiary alicyclic amines) is 1. The Hall–Kier alpha value is -1.89. The lowest BCUT2D eigenvalue weighted by atomic mass is 9.84. The highest BCUT2D eigenvalue weighted by atomic mass is 79.9. The Labute approximate surface area is 155 Å². The highest BCUT2D eigenvalue weighted by Crippen LogP contribution is 2.30. The average molecular weight is 409 g/mol. The summed E-state index contributed by atoms with van der Waals surface area (Å²) in [5.41, 5.74) is 1.59. The minimum Gasteiger partial charge on any atom is -0.480 e. The number of aliphatic carboxylic acids is 1.